The first-order chi connectivity index (χ1) is 20.9. The summed E-state index contributed by atoms with van der Waals surface area (Å²) in [5.41, 5.74) is 5.55. The van der Waals surface area contributed by atoms with Gasteiger partial charge in [-0.05, 0) is 50.2 Å². The predicted octanol–water partition coefficient (Wildman–Crippen LogP) is 6.18. The molecule has 1 aliphatic rings. The first-order valence-corrected chi connectivity index (χ1v) is 14.9. The molecule has 2 N–H and O–H groups in total. The zero-order chi connectivity index (χ0) is 30.3. The molecule has 0 amide bonds. The second kappa shape index (κ2) is 13.9. The fourth-order valence-corrected chi connectivity index (χ4v) is 5.49. The molecule has 43 heavy (non-hydrogen) atoms. The van der Waals surface area contributed by atoms with Gasteiger partial charge in [0.05, 0.1) is 50.9 Å². The van der Waals surface area contributed by atoms with Crippen LogP contribution in [0.25, 0.3) is 10.9 Å². The third-order valence-corrected chi connectivity index (χ3v) is 8.02. The number of aromatic nitrogens is 2. The maximum atomic E-state index is 9.89. The fraction of sp³-hybridized carbons (Fsp3) is 0.303. The average molecular weight is 615 g/mol. The van der Waals surface area contributed by atoms with E-state index in [2.05, 4.69) is 56.4 Å². The number of anilines is 3. The lowest BCUT2D eigenvalue weighted by atomic mass is 10.0. The van der Waals surface area contributed by atoms with E-state index in [0.717, 1.165) is 67.2 Å². The van der Waals surface area contributed by atoms with Crippen LogP contribution in [-0.2, 0) is 6.42 Å². The smallest absolute Gasteiger partial charge is 0.139 e. The van der Waals surface area contributed by atoms with Crippen LogP contribution in [0.15, 0.2) is 48.7 Å². The normalized spacial score (nSPS) is 13.7. The number of methoxy groups -OCH3 is 1. The molecule has 4 aromatic rings. The molecule has 1 fully saturated rings. The van der Waals surface area contributed by atoms with Crippen LogP contribution in [0, 0.1) is 23.2 Å². The van der Waals surface area contributed by atoms with Crippen LogP contribution < -0.4 is 15.4 Å². The highest BCUT2D eigenvalue weighted by Crippen LogP contribution is 2.38. The van der Waals surface area contributed by atoms with Gasteiger partial charge in [0.2, 0.25) is 0 Å². The van der Waals surface area contributed by atoms with Gasteiger partial charge >= 0.3 is 0 Å². The molecule has 0 unspecified atom stereocenters. The molecule has 2 aromatic heterocycles. The van der Waals surface area contributed by atoms with E-state index in [1.165, 1.54) is 7.11 Å². The topological polar surface area (TPSA) is 89.3 Å². The lowest BCUT2D eigenvalue weighted by Gasteiger charge is -2.32. The van der Waals surface area contributed by atoms with E-state index in [-0.39, 0.29) is 0 Å². The molecule has 0 atom stereocenters. The quantitative estimate of drug-likeness (QED) is 0.228. The molecule has 0 aliphatic carbocycles. The number of pyridine rings is 2. The van der Waals surface area contributed by atoms with E-state index in [1.54, 1.807) is 18.3 Å². The lowest BCUT2D eigenvalue weighted by Crippen LogP contribution is -2.45. The Bertz CT molecular complexity index is 1730. The summed E-state index contributed by atoms with van der Waals surface area (Å²) in [5.74, 6) is 7.02. The number of rotatable bonds is 8. The van der Waals surface area contributed by atoms with Gasteiger partial charge in [0.1, 0.15) is 17.5 Å². The van der Waals surface area contributed by atoms with Crippen molar-refractivity contribution in [2.45, 2.75) is 13.3 Å². The average Bonchev–Trinajstić information content (AvgIpc) is 3.01. The molecule has 8 nitrogen and oxygen atoms in total. The molecule has 1 aliphatic heterocycles. The number of hydrogen-bond donors (Lipinski definition) is 2. The highest BCUT2D eigenvalue weighted by atomic mass is 35.5. The molecule has 0 bridgehead atoms. The van der Waals surface area contributed by atoms with Crippen molar-refractivity contribution >= 4 is 51.2 Å². The standard InChI is InChI=1S/C33H33Cl2N7O/c1-4-37-29-17-26-30(38-21-23(20-36)33(26)40-31-19-32(43-3)28(35)18-27(31)34)16-22(29)8-9-24-6-5-7-25(39-24)10-11-42-14-12-41(2)13-15-42/h5-7,16-19,21,37H,4,10-15H2,1-3H3,(H,38,40). The minimum Gasteiger partial charge on any atom is -0.495 e. The number of hydrogen-bond acceptors (Lipinski definition) is 8. The largest absolute Gasteiger partial charge is 0.495 e. The highest BCUT2D eigenvalue weighted by molar-refractivity contribution is 6.37. The van der Waals surface area contributed by atoms with Crippen LogP contribution in [0.5, 0.6) is 5.75 Å². The Morgan fingerprint density at radius 3 is 2.56 bits per heavy atom. The zero-order valence-electron chi connectivity index (χ0n) is 24.5. The summed E-state index contributed by atoms with van der Waals surface area (Å²) in [5, 5.41) is 18.2. The van der Waals surface area contributed by atoms with Crippen LogP contribution in [0.2, 0.25) is 10.0 Å². The zero-order valence-corrected chi connectivity index (χ0v) is 26.0. The minimum atomic E-state index is 0.372. The summed E-state index contributed by atoms with van der Waals surface area (Å²) >= 11 is 12.7. The van der Waals surface area contributed by atoms with E-state index in [4.69, 9.17) is 32.9 Å². The van der Waals surface area contributed by atoms with Crippen LogP contribution in [0.4, 0.5) is 17.1 Å². The second-order valence-corrected chi connectivity index (χ2v) is 11.2. The maximum absolute atomic E-state index is 9.89. The van der Waals surface area contributed by atoms with Crippen molar-refractivity contribution in [1.29, 1.82) is 5.26 Å². The molecule has 0 spiro atoms. The van der Waals surface area contributed by atoms with Crippen molar-refractivity contribution < 1.29 is 4.74 Å². The summed E-state index contributed by atoms with van der Waals surface area (Å²) in [7, 11) is 3.70. The summed E-state index contributed by atoms with van der Waals surface area (Å²) in [6, 6.07) is 15.4. The van der Waals surface area contributed by atoms with Crippen molar-refractivity contribution in [2.24, 2.45) is 0 Å². The van der Waals surface area contributed by atoms with Gasteiger partial charge in [0.15, 0.2) is 0 Å². The lowest BCUT2D eigenvalue weighted by molar-refractivity contribution is 0.155. The Labute approximate surface area is 262 Å². The van der Waals surface area contributed by atoms with E-state index in [0.29, 0.717) is 44.8 Å². The van der Waals surface area contributed by atoms with Gasteiger partial charge in [-0.25, -0.2) is 4.98 Å². The van der Waals surface area contributed by atoms with Gasteiger partial charge in [0.25, 0.3) is 0 Å². The molecule has 0 radical (unpaired) electrons. The summed E-state index contributed by atoms with van der Waals surface area (Å²) < 4.78 is 5.36. The third-order valence-electron chi connectivity index (χ3n) is 7.41. The molecule has 220 valence electrons. The first-order valence-electron chi connectivity index (χ1n) is 14.2. The predicted molar refractivity (Wildman–Crippen MR) is 175 cm³/mol. The Kier molecular flexibility index (Phi) is 9.86. The molecule has 10 heteroatoms. The van der Waals surface area contributed by atoms with E-state index in [9.17, 15) is 5.26 Å². The number of nitrogens with one attached hydrogen (secondary N) is 2. The van der Waals surface area contributed by atoms with Crippen LogP contribution >= 0.6 is 23.2 Å². The molecule has 0 saturated carbocycles. The Morgan fingerprint density at radius 1 is 1.00 bits per heavy atom. The molecule has 1 saturated heterocycles. The molecular weight excluding hydrogens is 581 g/mol. The van der Waals surface area contributed by atoms with E-state index in [1.807, 2.05) is 31.2 Å². The summed E-state index contributed by atoms with van der Waals surface area (Å²) in [6.45, 7) is 8.10. The fourth-order valence-electron chi connectivity index (χ4n) is 4.98. The molecule has 5 rings (SSSR count). The van der Waals surface area contributed by atoms with Crippen molar-refractivity contribution in [3.8, 4) is 23.7 Å². The van der Waals surface area contributed by atoms with Crippen LogP contribution in [0.3, 0.4) is 0 Å². The van der Waals surface area contributed by atoms with Crippen LogP contribution in [0.1, 0.15) is 29.4 Å². The van der Waals surface area contributed by atoms with Gasteiger partial charge in [-0.2, -0.15) is 5.26 Å². The Balaban J connectivity index is 1.45. The highest BCUT2D eigenvalue weighted by Gasteiger charge is 2.16. The molecule has 2 aromatic carbocycles. The van der Waals surface area contributed by atoms with Crippen molar-refractivity contribution in [3.05, 3.63) is 81.2 Å². The monoisotopic (exact) mass is 613 g/mol. The molecular formula is C33H33Cl2N7O. The van der Waals surface area contributed by atoms with Gasteiger partial charge in [-0.3, -0.25) is 4.98 Å². The third kappa shape index (κ3) is 7.30. The number of nitrogens with zero attached hydrogens (tertiary/aromatic N) is 5. The summed E-state index contributed by atoms with van der Waals surface area (Å²) in [6.07, 6.45) is 2.43. The second-order valence-electron chi connectivity index (χ2n) is 10.4. The van der Waals surface area contributed by atoms with Gasteiger partial charge in [-0.1, -0.05) is 35.2 Å². The van der Waals surface area contributed by atoms with Crippen molar-refractivity contribution in [3.63, 3.8) is 0 Å². The number of benzene rings is 2. The number of ether oxygens (including phenoxy) is 1. The van der Waals surface area contributed by atoms with E-state index >= 15 is 0 Å². The number of halogens is 2. The Morgan fingerprint density at radius 2 is 1.81 bits per heavy atom. The number of nitriles is 1. The van der Waals surface area contributed by atoms with Crippen LogP contribution in [-0.4, -0.2) is 73.2 Å². The van der Waals surface area contributed by atoms with Crippen molar-refractivity contribution in [1.82, 2.24) is 19.8 Å². The molecule has 3 heterocycles. The first kappa shape index (κ1) is 30.4. The number of piperazine rings is 1. The minimum absolute atomic E-state index is 0.372. The van der Waals surface area contributed by atoms with Gasteiger partial charge < -0.3 is 25.2 Å². The van der Waals surface area contributed by atoms with Gasteiger partial charge in [-0.15, -0.1) is 0 Å². The van der Waals surface area contributed by atoms with E-state index < -0.39 is 0 Å². The Hall–Kier alpha value is -4.05. The summed E-state index contributed by atoms with van der Waals surface area (Å²) in [4.78, 5) is 14.2. The number of likely N-dealkylation sites (N-methyl/N-ethyl adjacent to an activating group) is 1. The maximum Gasteiger partial charge on any atom is 0.139 e. The van der Waals surface area contributed by atoms with Gasteiger partial charge in [0, 0.05) is 69.0 Å². The van der Waals surface area contributed by atoms with Crippen molar-refractivity contribution in [2.75, 3.05) is 64.1 Å². The SMILES string of the molecule is CCNc1cc2c(Nc3cc(OC)c(Cl)cc3Cl)c(C#N)cnc2cc1C#Cc1cccc(CCN2CCN(C)CC2)n1. The number of fused-ring (bicyclic) bond motifs is 1.